The molecule has 1 aliphatic rings. The van der Waals surface area contributed by atoms with Gasteiger partial charge in [0.15, 0.2) is 23.9 Å². The largest absolute Gasteiger partial charge is 0.380 e. The molecule has 2 heterocycles. The summed E-state index contributed by atoms with van der Waals surface area (Å²) in [4.78, 5) is 65.7. The van der Waals surface area contributed by atoms with Crippen LogP contribution in [0.3, 0.4) is 0 Å². The smallest absolute Gasteiger partial charge is 0.330 e. The van der Waals surface area contributed by atoms with Gasteiger partial charge < -0.3 is 20.1 Å². The molecule has 0 saturated carbocycles. The van der Waals surface area contributed by atoms with Gasteiger partial charge in [0.25, 0.3) is 5.56 Å². The van der Waals surface area contributed by atoms with Crippen molar-refractivity contribution < 1.29 is 38.8 Å². The van der Waals surface area contributed by atoms with Crippen LogP contribution in [0.2, 0.25) is 0 Å². The summed E-state index contributed by atoms with van der Waals surface area (Å²) < 4.78 is 19.9. The third-order valence-electron chi connectivity index (χ3n) is 6.32. The number of hydrogen-bond donors (Lipinski definition) is 4. The van der Waals surface area contributed by atoms with Gasteiger partial charge in [-0.15, -0.1) is 0 Å². The second-order valence-corrected chi connectivity index (χ2v) is 8.51. The van der Waals surface area contributed by atoms with Crippen LogP contribution >= 0.6 is 0 Å². The fraction of sp³-hybridized carbons (Fsp3) is 0.240. The molecule has 1 fully saturated rings. The molecule has 0 amide bonds. The first-order chi connectivity index (χ1) is 17.4. The van der Waals surface area contributed by atoms with Crippen LogP contribution in [0.1, 0.15) is 35.2 Å². The molecule has 1 aliphatic heterocycles. The van der Waals surface area contributed by atoms with E-state index in [0.717, 1.165) is 6.92 Å². The van der Waals surface area contributed by atoms with E-state index in [1.807, 2.05) is 0 Å². The van der Waals surface area contributed by atoms with E-state index in [1.165, 1.54) is 54.6 Å². The van der Waals surface area contributed by atoms with Crippen LogP contribution in [0, 0.1) is 5.82 Å². The maximum absolute atomic E-state index is 14.1. The van der Waals surface area contributed by atoms with Crippen LogP contribution in [-0.2, 0) is 14.3 Å². The number of aliphatic hydroxyl groups is 3. The van der Waals surface area contributed by atoms with E-state index in [2.05, 4.69) is 0 Å². The maximum Gasteiger partial charge on any atom is 0.330 e. The predicted octanol–water partition coefficient (Wildman–Crippen LogP) is -0.190. The van der Waals surface area contributed by atoms with Crippen molar-refractivity contribution in [3.8, 4) is 0 Å². The Labute approximate surface area is 207 Å². The molecule has 0 bridgehead atoms. The summed E-state index contributed by atoms with van der Waals surface area (Å²) >= 11 is 0. The van der Waals surface area contributed by atoms with Crippen molar-refractivity contribution in [3.63, 3.8) is 0 Å². The first kappa shape index (κ1) is 26.0. The summed E-state index contributed by atoms with van der Waals surface area (Å²) in [6.07, 6.45) is -6.48. The van der Waals surface area contributed by atoms with Crippen LogP contribution in [0.25, 0.3) is 0 Å². The first-order valence-electron chi connectivity index (χ1n) is 10.9. The number of aliphatic hydroxyl groups excluding tert-OH is 1. The highest BCUT2D eigenvalue weighted by Gasteiger charge is 2.75. The number of ketones is 3. The lowest BCUT2D eigenvalue weighted by Gasteiger charge is -2.37. The zero-order valence-corrected chi connectivity index (χ0v) is 19.2. The van der Waals surface area contributed by atoms with E-state index in [4.69, 9.17) is 4.74 Å². The van der Waals surface area contributed by atoms with Gasteiger partial charge in [-0.25, -0.2) is 4.79 Å². The van der Waals surface area contributed by atoms with Gasteiger partial charge in [0, 0.05) is 5.56 Å². The van der Waals surface area contributed by atoms with Crippen LogP contribution < -0.4 is 11.2 Å². The number of benzene rings is 2. The van der Waals surface area contributed by atoms with Crippen molar-refractivity contribution in [1.82, 2.24) is 9.55 Å². The van der Waals surface area contributed by atoms with E-state index in [9.17, 15) is 43.7 Å². The normalized spacial score (nSPS) is 26.0. The molecule has 11 nitrogen and oxygen atoms in total. The minimum absolute atomic E-state index is 0.0349. The number of hydrogen-bond acceptors (Lipinski definition) is 9. The van der Waals surface area contributed by atoms with E-state index >= 15 is 0 Å². The molecule has 4 rings (SSSR count). The Morgan fingerprint density at radius 3 is 2.14 bits per heavy atom. The molecule has 1 saturated heterocycles. The summed E-state index contributed by atoms with van der Waals surface area (Å²) in [6.45, 7) is 0.757. The Bertz CT molecular complexity index is 1490. The fourth-order valence-corrected chi connectivity index (χ4v) is 4.38. The predicted molar refractivity (Wildman–Crippen MR) is 123 cm³/mol. The van der Waals surface area contributed by atoms with Crippen molar-refractivity contribution in [2.24, 2.45) is 0 Å². The average molecular weight is 512 g/mol. The number of Topliss-reactive ketones (excluding diaryl/α,β-unsaturated/α-hetero) is 3. The zero-order chi connectivity index (χ0) is 27.1. The van der Waals surface area contributed by atoms with Crippen LogP contribution in [-0.4, -0.2) is 59.5 Å². The first-order valence-corrected chi connectivity index (χ1v) is 10.9. The number of ether oxygens (including phenoxy) is 1. The van der Waals surface area contributed by atoms with Crippen molar-refractivity contribution >= 4 is 17.3 Å². The number of carbonyl (C=O) groups excluding carboxylic acids is 3. The van der Waals surface area contributed by atoms with Gasteiger partial charge in [0.2, 0.25) is 22.8 Å². The number of aromatic amines is 1. The molecule has 192 valence electrons. The lowest BCUT2D eigenvalue weighted by atomic mass is 9.71. The van der Waals surface area contributed by atoms with Gasteiger partial charge >= 0.3 is 5.69 Å². The quantitative estimate of drug-likeness (QED) is 0.313. The number of carbonyl (C=O) groups is 3. The molecule has 12 heteroatoms. The van der Waals surface area contributed by atoms with E-state index in [-0.39, 0.29) is 15.7 Å². The summed E-state index contributed by atoms with van der Waals surface area (Å²) in [5, 5.41) is 34.2. The monoisotopic (exact) mass is 512 g/mol. The highest BCUT2D eigenvalue weighted by atomic mass is 19.1. The van der Waals surface area contributed by atoms with E-state index < -0.39 is 64.1 Å². The van der Waals surface area contributed by atoms with Gasteiger partial charge in [-0.05, 0) is 12.5 Å². The van der Waals surface area contributed by atoms with E-state index in [1.54, 1.807) is 11.1 Å². The van der Waals surface area contributed by atoms with Crippen molar-refractivity contribution in [3.05, 3.63) is 105 Å². The molecule has 0 spiro atoms. The summed E-state index contributed by atoms with van der Waals surface area (Å²) in [6, 6.07) is 14.2. The van der Waals surface area contributed by atoms with Crippen LogP contribution in [0.5, 0.6) is 0 Å². The molecule has 37 heavy (non-hydrogen) atoms. The highest BCUT2D eigenvalue weighted by molar-refractivity contribution is 6.12. The number of halogens is 1. The molecule has 1 aromatic heterocycles. The Hall–Kier alpha value is -4.10. The second-order valence-electron chi connectivity index (χ2n) is 8.51. The molecule has 5 atom stereocenters. The molecular formula is C25H21FN2O9. The van der Waals surface area contributed by atoms with Gasteiger partial charge in [0.1, 0.15) is 6.10 Å². The Balaban J connectivity index is 1.96. The summed E-state index contributed by atoms with van der Waals surface area (Å²) in [7, 11) is 0. The Morgan fingerprint density at radius 1 is 1.00 bits per heavy atom. The third kappa shape index (κ3) is 3.96. The molecule has 2 aromatic carbocycles. The minimum Gasteiger partial charge on any atom is -0.380 e. The molecule has 4 N–H and O–H groups in total. The molecule has 0 aliphatic carbocycles. The highest BCUT2D eigenvalue weighted by Crippen LogP contribution is 2.48. The van der Waals surface area contributed by atoms with Crippen molar-refractivity contribution in [2.45, 2.75) is 36.6 Å². The lowest BCUT2D eigenvalue weighted by molar-refractivity contribution is -0.166. The summed E-state index contributed by atoms with van der Waals surface area (Å²) in [5.41, 5.74) is -9.76. The number of aromatic nitrogens is 2. The minimum atomic E-state index is -3.40. The molecule has 3 aromatic rings. The maximum atomic E-state index is 14.1. The third-order valence-corrected chi connectivity index (χ3v) is 6.32. The van der Waals surface area contributed by atoms with Gasteiger partial charge in [-0.2, -0.15) is 4.39 Å². The molecular weight excluding hydrogens is 491 g/mol. The number of nitrogens with one attached hydrogen (secondary N) is 1. The van der Waals surface area contributed by atoms with E-state index in [0.29, 0.717) is 6.20 Å². The van der Waals surface area contributed by atoms with Gasteiger partial charge in [0.05, 0.1) is 6.20 Å². The summed E-state index contributed by atoms with van der Waals surface area (Å²) in [5.74, 6) is -5.53. The Morgan fingerprint density at radius 2 is 1.57 bits per heavy atom. The van der Waals surface area contributed by atoms with Gasteiger partial charge in [-0.1, -0.05) is 60.7 Å². The van der Waals surface area contributed by atoms with Crippen molar-refractivity contribution in [1.29, 1.82) is 0 Å². The lowest BCUT2D eigenvalue weighted by Crippen LogP contribution is -2.68. The SMILES string of the molecule is CC(=O)[C@]1(O)[C@H](n2cc(F)c(=O)[nH]c2=O)O[C@H](C(=O)C(O)c2ccccc2)[C@@]1(O)C(=O)c1ccccc1. The topological polar surface area (TPSA) is 176 Å². The zero-order valence-electron chi connectivity index (χ0n) is 19.2. The number of H-pyrrole nitrogens is 1. The van der Waals surface area contributed by atoms with Gasteiger partial charge in [-0.3, -0.25) is 28.7 Å². The number of nitrogens with zero attached hydrogens (tertiary/aromatic N) is 1. The molecule has 0 radical (unpaired) electrons. The fourth-order valence-electron chi connectivity index (χ4n) is 4.38. The number of rotatable bonds is 7. The average Bonchev–Trinajstić information content (AvgIpc) is 3.14. The molecule has 1 unspecified atom stereocenters. The van der Waals surface area contributed by atoms with Crippen molar-refractivity contribution in [2.75, 3.05) is 0 Å². The second kappa shape index (κ2) is 9.41. The standard InChI is InChI=1S/C25H21FN2O9/c1-13(29)24(35)22(28-12-16(26)21(33)27-23(28)34)37-20(18(31)17(30)14-8-4-2-5-9-14)25(24,36)19(32)15-10-6-3-7-11-15/h2-12,17,20,22,30,35-36H,1H3,(H,27,33,34)/t17?,20-,22-,24+,25+/m1/s1. The Kier molecular flexibility index (Phi) is 6.60. The van der Waals surface area contributed by atoms with Crippen LogP contribution in [0.4, 0.5) is 4.39 Å². The van der Waals surface area contributed by atoms with Crippen LogP contribution in [0.15, 0.2) is 76.4 Å².